The Morgan fingerprint density at radius 2 is 1.83 bits per heavy atom. The van der Waals surface area contributed by atoms with Crippen LogP contribution in [-0.4, -0.2) is 58.4 Å². The number of hydrogen-bond acceptors (Lipinski definition) is 5. The average Bonchev–Trinajstić information content (AvgIpc) is 2.46. The van der Waals surface area contributed by atoms with E-state index < -0.39 is 20.0 Å². The van der Waals surface area contributed by atoms with Gasteiger partial charge < -0.3 is 0 Å². The van der Waals surface area contributed by atoms with Crippen molar-refractivity contribution in [1.82, 2.24) is 8.61 Å². The Morgan fingerprint density at radius 3 is 2.35 bits per heavy atom. The Bertz CT molecular complexity index is 780. The third-order valence-electron chi connectivity index (χ3n) is 3.20. The summed E-state index contributed by atoms with van der Waals surface area (Å²) >= 11 is 0. The molecule has 0 aromatic heterocycles. The summed E-state index contributed by atoms with van der Waals surface area (Å²) in [5.41, 5.74) is 0.840. The lowest BCUT2D eigenvalue weighted by atomic mass is 10.2. The van der Waals surface area contributed by atoms with Crippen LogP contribution in [0, 0.1) is 18.3 Å². The summed E-state index contributed by atoms with van der Waals surface area (Å²) in [6.07, 6.45) is 0.116. The number of nitriles is 1. The molecule has 1 rings (SSSR count). The van der Waals surface area contributed by atoms with E-state index in [4.69, 9.17) is 5.26 Å². The first-order chi connectivity index (χ1) is 10.6. The molecule has 23 heavy (non-hydrogen) atoms. The first-order valence-corrected chi connectivity index (χ1v) is 10.00. The number of hydrogen-bond donors (Lipinski definition) is 0. The zero-order valence-electron chi connectivity index (χ0n) is 13.4. The van der Waals surface area contributed by atoms with E-state index in [9.17, 15) is 16.8 Å². The van der Waals surface area contributed by atoms with Gasteiger partial charge in [-0.15, -0.1) is 0 Å². The SMILES string of the molecule is Cc1cccc(S(=O)(=O)CCCN(CC#N)S(=O)(=O)N(C)C)c1. The standard InChI is InChI=1S/C14H21N3O4S2/c1-13-6-4-7-14(12-13)22(18,19)11-5-9-17(10-8-15)23(20,21)16(2)3/h4,6-7,12H,5,9-11H2,1-3H3. The number of aryl methyl sites for hydroxylation is 1. The molecule has 7 nitrogen and oxygen atoms in total. The van der Waals surface area contributed by atoms with E-state index in [2.05, 4.69) is 0 Å². The monoisotopic (exact) mass is 359 g/mol. The Kier molecular flexibility index (Phi) is 6.70. The molecule has 1 aromatic rings. The van der Waals surface area contributed by atoms with Gasteiger partial charge in [-0.05, 0) is 31.0 Å². The maximum absolute atomic E-state index is 12.3. The topological polar surface area (TPSA) is 98.5 Å². The van der Waals surface area contributed by atoms with Crippen molar-refractivity contribution in [2.75, 3.05) is 32.9 Å². The zero-order valence-corrected chi connectivity index (χ0v) is 15.1. The minimum atomic E-state index is -3.74. The lowest BCUT2D eigenvalue weighted by molar-refractivity contribution is 0.399. The van der Waals surface area contributed by atoms with Crippen molar-refractivity contribution in [2.24, 2.45) is 0 Å². The van der Waals surface area contributed by atoms with Gasteiger partial charge >= 0.3 is 0 Å². The second kappa shape index (κ2) is 7.88. The average molecular weight is 359 g/mol. The summed E-state index contributed by atoms with van der Waals surface area (Å²) in [6.45, 7) is 1.46. The summed E-state index contributed by atoms with van der Waals surface area (Å²) in [7, 11) is -4.49. The van der Waals surface area contributed by atoms with Crippen LogP contribution < -0.4 is 0 Å². The summed E-state index contributed by atoms with van der Waals surface area (Å²) in [5, 5.41) is 8.76. The number of benzene rings is 1. The molecule has 0 radical (unpaired) electrons. The van der Waals surface area contributed by atoms with Gasteiger partial charge in [0.15, 0.2) is 9.84 Å². The Hall–Kier alpha value is -1.47. The van der Waals surface area contributed by atoms with Crippen molar-refractivity contribution in [3.8, 4) is 6.07 Å². The lowest BCUT2D eigenvalue weighted by Crippen LogP contribution is -2.41. The van der Waals surface area contributed by atoms with Gasteiger partial charge in [-0.3, -0.25) is 0 Å². The van der Waals surface area contributed by atoms with Crippen LogP contribution >= 0.6 is 0 Å². The predicted octanol–water partition coefficient (Wildman–Crippen LogP) is 0.791. The minimum Gasteiger partial charge on any atom is -0.224 e. The highest BCUT2D eigenvalue weighted by molar-refractivity contribution is 7.91. The zero-order chi connectivity index (χ0) is 17.7. The molecular weight excluding hydrogens is 338 g/mol. The maximum Gasteiger partial charge on any atom is 0.282 e. The Labute approximate surface area is 138 Å². The molecule has 0 spiro atoms. The molecule has 0 bridgehead atoms. The van der Waals surface area contributed by atoms with E-state index in [0.717, 1.165) is 14.2 Å². The molecule has 0 aliphatic carbocycles. The Balaban J connectivity index is 2.79. The van der Waals surface area contributed by atoms with E-state index in [1.807, 2.05) is 0 Å². The quantitative estimate of drug-likeness (QED) is 0.639. The van der Waals surface area contributed by atoms with Gasteiger partial charge in [0.05, 0.1) is 16.7 Å². The van der Waals surface area contributed by atoms with Crippen LogP contribution in [0.5, 0.6) is 0 Å². The molecule has 0 heterocycles. The molecule has 128 valence electrons. The fourth-order valence-electron chi connectivity index (χ4n) is 1.94. The first-order valence-electron chi connectivity index (χ1n) is 6.95. The second-order valence-electron chi connectivity index (χ2n) is 5.27. The largest absolute Gasteiger partial charge is 0.282 e. The molecule has 1 aromatic carbocycles. The molecule has 9 heteroatoms. The molecule has 0 saturated heterocycles. The van der Waals surface area contributed by atoms with Crippen LogP contribution in [0.15, 0.2) is 29.2 Å². The second-order valence-corrected chi connectivity index (χ2v) is 9.52. The highest BCUT2D eigenvalue weighted by Gasteiger charge is 2.25. The molecule has 0 atom stereocenters. The lowest BCUT2D eigenvalue weighted by Gasteiger charge is -2.22. The summed E-state index contributed by atoms with van der Waals surface area (Å²) in [5.74, 6) is -0.179. The van der Waals surface area contributed by atoms with Gasteiger partial charge in [-0.1, -0.05) is 12.1 Å². The number of nitrogens with zero attached hydrogens (tertiary/aromatic N) is 3. The molecule has 0 saturated carbocycles. The minimum absolute atomic E-state index is 0.0287. The third kappa shape index (κ3) is 5.28. The van der Waals surface area contributed by atoms with E-state index in [-0.39, 0.29) is 30.2 Å². The normalized spacial score (nSPS) is 12.5. The highest BCUT2D eigenvalue weighted by atomic mass is 32.2. The maximum atomic E-state index is 12.3. The van der Waals surface area contributed by atoms with Crippen LogP contribution in [0.2, 0.25) is 0 Å². The van der Waals surface area contributed by atoms with Crippen molar-refractivity contribution in [1.29, 1.82) is 5.26 Å². The van der Waals surface area contributed by atoms with Crippen LogP contribution in [0.1, 0.15) is 12.0 Å². The van der Waals surface area contributed by atoms with Gasteiger partial charge in [0.25, 0.3) is 10.2 Å². The first kappa shape index (κ1) is 19.6. The van der Waals surface area contributed by atoms with Crippen molar-refractivity contribution in [2.45, 2.75) is 18.2 Å². The van der Waals surface area contributed by atoms with Crippen LogP contribution in [0.3, 0.4) is 0 Å². The van der Waals surface area contributed by atoms with Crippen molar-refractivity contribution in [3.05, 3.63) is 29.8 Å². The number of rotatable bonds is 8. The number of sulfone groups is 1. The summed E-state index contributed by atoms with van der Waals surface area (Å²) in [6, 6.07) is 8.36. The molecular formula is C14H21N3O4S2. The van der Waals surface area contributed by atoms with Gasteiger partial charge in [0, 0.05) is 20.6 Å². The fraction of sp³-hybridized carbons (Fsp3) is 0.500. The van der Waals surface area contributed by atoms with E-state index >= 15 is 0 Å². The van der Waals surface area contributed by atoms with Crippen molar-refractivity contribution in [3.63, 3.8) is 0 Å². The van der Waals surface area contributed by atoms with Crippen LogP contribution in [-0.2, 0) is 20.0 Å². The van der Waals surface area contributed by atoms with Crippen molar-refractivity contribution >= 4 is 20.0 Å². The molecule has 0 N–H and O–H groups in total. The molecule has 0 aliphatic rings. The van der Waals surface area contributed by atoms with Gasteiger partial charge in [-0.2, -0.15) is 22.3 Å². The molecule has 0 aliphatic heterocycles. The molecule has 0 unspecified atom stereocenters. The van der Waals surface area contributed by atoms with Gasteiger partial charge in [-0.25, -0.2) is 8.42 Å². The molecule has 0 amide bonds. The van der Waals surface area contributed by atoms with Gasteiger partial charge in [0.1, 0.15) is 6.54 Å². The van der Waals surface area contributed by atoms with E-state index in [1.165, 1.54) is 20.2 Å². The fourth-order valence-corrected chi connectivity index (χ4v) is 4.38. The van der Waals surface area contributed by atoms with Gasteiger partial charge in [0.2, 0.25) is 0 Å². The molecule has 0 fully saturated rings. The summed E-state index contributed by atoms with van der Waals surface area (Å²) < 4.78 is 50.6. The van der Waals surface area contributed by atoms with Crippen LogP contribution in [0.25, 0.3) is 0 Å². The van der Waals surface area contributed by atoms with E-state index in [1.54, 1.807) is 31.2 Å². The van der Waals surface area contributed by atoms with E-state index in [0.29, 0.717) is 0 Å². The van der Waals surface area contributed by atoms with Crippen molar-refractivity contribution < 1.29 is 16.8 Å². The Morgan fingerprint density at radius 1 is 1.17 bits per heavy atom. The highest BCUT2D eigenvalue weighted by Crippen LogP contribution is 2.14. The third-order valence-corrected chi connectivity index (χ3v) is 6.89. The smallest absolute Gasteiger partial charge is 0.224 e. The summed E-state index contributed by atoms with van der Waals surface area (Å²) in [4.78, 5) is 0.222. The van der Waals surface area contributed by atoms with Crippen LogP contribution in [0.4, 0.5) is 0 Å². The predicted molar refractivity (Wildman–Crippen MR) is 87.6 cm³/mol.